The Morgan fingerprint density at radius 3 is 2.67 bits per heavy atom. The molecular weight excluding hydrogens is 334 g/mol. The number of likely N-dealkylation sites (tertiary alicyclic amines) is 1. The van der Waals surface area contributed by atoms with Crippen LogP contribution in [0.1, 0.15) is 49.8 Å². The highest BCUT2D eigenvalue weighted by Crippen LogP contribution is 2.28. The van der Waals surface area contributed by atoms with Gasteiger partial charge in [-0.25, -0.2) is 0 Å². The van der Waals surface area contributed by atoms with Crippen molar-refractivity contribution in [2.75, 3.05) is 26.2 Å². The van der Waals surface area contributed by atoms with Gasteiger partial charge >= 0.3 is 0 Å². The first-order valence-corrected chi connectivity index (χ1v) is 9.98. The second-order valence-electron chi connectivity index (χ2n) is 8.30. The molecule has 1 aromatic carbocycles. The molecule has 0 amide bonds. The molecule has 2 aromatic rings. The van der Waals surface area contributed by atoms with Crippen molar-refractivity contribution in [3.8, 4) is 0 Å². The van der Waals surface area contributed by atoms with E-state index in [9.17, 15) is 0 Å². The summed E-state index contributed by atoms with van der Waals surface area (Å²) in [6.07, 6.45) is 5.29. The van der Waals surface area contributed by atoms with Crippen molar-refractivity contribution < 1.29 is 0 Å². The second-order valence-corrected chi connectivity index (χ2v) is 8.30. The monoisotopic (exact) mass is 367 g/mol. The Morgan fingerprint density at radius 1 is 1.30 bits per heavy atom. The van der Waals surface area contributed by atoms with Gasteiger partial charge in [0.2, 0.25) is 0 Å². The van der Waals surface area contributed by atoms with Gasteiger partial charge in [0.15, 0.2) is 5.96 Å². The molecule has 0 radical (unpaired) electrons. The van der Waals surface area contributed by atoms with E-state index in [1.807, 2.05) is 17.9 Å². The molecule has 0 spiro atoms. The Morgan fingerprint density at radius 2 is 2.04 bits per heavy atom. The minimum Gasteiger partial charge on any atom is -0.357 e. The first kappa shape index (κ1) is 19.5. The number of benzene rings is 1. The van der Waals surface area contributed by atoms with Gasteiger partial charge < -0.3 is 10.2 Å². The predicted molar refractivity (Wildman–Crippen MR) is 112 cm³/mol. The lowest BCUT2D eigenvalue weighted by atomic mass is 9.84. The average Bonchev–Trinajstić information content (AvgIpc) is 3.28. The largest absolute Gasteiger partial charge is 0.357 e. The maximum atomic E-state index is 5.01. The van der Waals surface area contributed by atoms with E-state index in [2.05, 4.69) is 73.5 Å². The fraction of sp³-hybridized carbons (Fsp3) is 0.545. The van der Waals surface area contributed by atoms with Gasteiger partial charge in [0.25, 0.3) is 0 Å². The van der Waals surface area contributed by atoms with E-state index < -0.39 is 0 Å². The topological polar surface area (TPSA) is 45.5 Å². The molecule has 0 aliphatic carbocycles. The van der Waals surface area contributed by atoms with Crippen LogP contribution in [0.15, 0.2) is 41.7 Å². The Hall–Kier alpha value is -2.30. The number of guanidine groups is 1. The van der Waals surface area contributed by atoms with E-state index in [-0.39, 0.29) is 5.41 Å². The Bertz CT molecular complexity index is 772. The molecule has 0 saturated carbocycles. The summed E-state index contributed by atoms with van der Waals surface area (Å²) in [7, 11) is 1.98. The van der Waals surface area contributed by atoms with Crippen LogP contribution in [0.2, 0.25) is 0 Å². The molecule has 1 unspecified atom stereocenters. The highest BCUT2D eigenvalue weighted by Gasteiger charge is 2.28. The van der Waals surface area contributed by atoms with Crippen molar-refractivity contribution in [3.63, 3.8) is 0 Å². The van der Waals surface area contributed by atoms with Gasteiger partial charge in [0.1, 0.15) is 0 Å². The van der Waals surface area contributed by atoms with Crippen molar-refractivity contribution in [2.45, 2.75) is 45.4 Å². The molecular formula is C22H33N5. The number of aromatic nitrogens is 2. The zero-order valence-corrected chi connectivity index (χ0v) is 17.4. The summed E-state index contributed by atoms with van der Waals surface area (Å²) in [6.45, 7) is 12.5. The lowest BCUT2D eigenvalue weighted by Gasteiger charge is -2.26. The molecule has 2 heterocycles. The fourth-order valence-electron chi connectivity index (χ4n) is 3.67. The van der Waals surface area contributed by atoms with Crippen LogP contribution < -0.4 is 5.32 Å². The first-order chi connectivity index (χ1) is 12.9. The quantitative estimate of drug-likeness (QED) is 0.650. The summed E-state index contributed by atoms with van der Waals surface area (Å²) in [5.74, 6) is 1.57. The van der Waals surface area contributed by atoms with E-state index in [1.165, 1.54) is 16.7 Å². The third-order valence-electron chi connectivity index (χ3n) is 5.48. The maximum absolute atomic E-state index is 5.01. The summed E-state index contributed by atoms with van der Waals surface area (Å²) in [4.78, 5) is 7.41. The van der Waals surface area contributed by atoms with Gasteiger partial charge in [0, 0.05) is 44.2 Å². The molecule has 1 saturated heterocycles. The number of aryl methyl sites for hydroxylation is 2. The molecule has 1 aliphatic heterocycles. The smallest absolute Gasteiger partial charge is 0.193 e. The van der Waals surface area contributed by atoms with Gasteiger partial charge in [0.05, 0.1) is 12.7 Å². The summed E-state index contributed by atoms with van der Waals surface area (Å²) in [5.41, 5.74) is 3.97. The Balaban J connectivity index is 1.70. The third-order valence-corrected chi connectivity index (χ3v) is 5.48. The van der Waals surface area contributed by atoms with E-state index in [0.29, 0.717) is 5.92 Å². The van der Waals surface area contributed by atoms with Crippen molar-refractivity contribution in [3.05, 3.63) is 53.3 Å². The van der Waals surface area contributed by atoms with Crippen LogP contribution >= 0.6 is 0 Å². The van der Waals surface area contributed by atoms with E-state index >= 15 is 0 Å². The van der Waals surface area contributed by atoms with Gasteiger partial charge in [-0.1, -0.05) is 43.7 Å². The normalized spacial score (nSPS) is 18.2. The molecule has 1 fully saturated rings. The molecule has 1 aliphatic rings. The van der Waals surface area contributed by atoms with Crippen LogP contribution in [-0.4, -0.2) is 46.8 Å². The lowest BCUT2D eigenvalue weighted by Crippen LogP contribution is -2.41. The zero-order valence-electron chi connectivity index (χ0n) is 17.4. The van der Waals surface area contributed by atoms with Crippen LogP contribution in [0.25, 0.3) is 0 Å². The van der Waals surface area contributed by atoms with Crippen molar-refractivity contribution >= 4 is 5.96 Å². The molecule has 3 rings (SSSR count). The fourth-order valence-corrected chi connectivity index (χ4v) is 3.67. The number of hydrogen-bond acceptors (Lipinski definition) is 2. The average molecular weight is 368 g/mol. The van der Waals surface area contributed by atoms with Crippen molar-refractivity contribution in [2.24, 2.45) is 12.0 Å². The van der Waals surface area contributed by atoms with Crippen LogP contribution in [0.3, 0.4) is 0 Å². The molecule has 1 aromatic heterocycles. The molecule has 5 nitrogen and oxygen atoms in total. The second kappa shape index (κ2) is 8.15. The standard InChI is InChI=1S/C22H33N5/c1-6-23-21(24-16-22(3,4)20-9-7-17(2)8-10-20)27-12-11-18(15-27)19-13-25-26(5)14-19/h7-10,13-14,18H,6,11-12,15-16H2,1-5H3,(H,23,24). The summed E-state index contributed by atoms with van der Waals surface area (Å²) in [6, 6.07) is 8.83. The number of rotatable bonds is 5. The summed E-state index contributed by atoms with van der Waals surface area (Å²) < 4.78 is 1.89. The van der Waals surface area contributed by atoms with E-state index in [4.69, 9.17) is 4.99 Å². The van der Waals surface area contributed by atoms with Crippen molar-refractivity contribution in [1.82, 2.24) is 20.0 Å². The molecule has 1 atom stereocenters. The lowest BCUT2D eigenvalue weighted by molar-refractivity contribution is 0.474. The molecule has 1 N–H and O–H groups in total. The van der Waals surface area contributed by atoms with Crippen LogP contribution in [0, 0.1) is 6.92 Å². The predicted octanol–water partition coefficient (Wildman–Crippen LogP) is 3.46. The Labute approximate surface area is 163 Å². The number of nitrogens with one attached hydrogen (secondary N) is 1. The Kier molecular flexibility index (Phi) is 5.88. The molecule has 5 heteroatoms. The number of hydrogen-bond donors (Lipinski definition) is 1. The van der Waals surface area contributed by atoms with E-state index in [1.54, 1.807) is 0 Å². The zero-order chi connectivity index (χ0) is 19.4. The van der Waals surface area contributed by atoms with Gasteiger partial charge in [-0.15, -0.1) is 0 Å². The molecule has 0 bridgehead atoms. The minimum absolute atomic E-state index is 0.0108. The van der Waals surface area contributed by atoms with Crippen LogP contribution in [0.5, 0.6) is 0 Å². The molecule has 27 heavy (non-hydrogen) atoms. The summed E-state index contributed by atoms with van der Waals surface area (Å²) >= 11 is 0. The van der Waals surface area contributed by atoms with Gasteiger partial charge in [-0.3, -0.25) is 9.67 Å². The third kappa shape index (κ3) is 4.71. The summed E-state index contributed by atoms with van der Waals surface area (Å²) in [5, 5.41) is 7.82. The van der Waals surface area contributed by atoms with Crippen LogP contribution in [-0.2, 0) is 12.5 Å². The highest BCUT2D eigenvalue weighted by atomic mass is 15.3. The van der Waals surface area contributed by atoms with E-state index in [0.717, 1.165) is 38.6 Å². The number of aliphatic imine (C=N–C) groups is 1. The number of nitrogens with zero attached hydrogens (tertiary/aromatic N) is 4. The SMILES string of the molecule is CCNC(=NCC(C)(C)c1ccc(C)cc1)N1CCC(c2cnn(C)c2)C1. The van der Waals surface area contributed by atoms with Crippen LogP contribution in [0.4, 0.5) is 0 Å². The highest BCUT2D eigenvalue weighted by molar-refractivity contribution is 5.80. The first-order valence-electron chi connectivity index (χ1n) is 9.98. The van der Waals surface area contributed by atoms with Gasteiger partial charge in [-0.2, -0.15) is 5.10 Å². The maximum Gasteiger partial charge on any atom is 0.193 e. The molecule has 146 valence electrons. The van der Waals surface area contributed by atoms with Crippen molar-refractivity contribution in [1.29, 1.82) is 0 Å². The minimum atomic E-state index is 0.0108. The van der Waals surface area contributed by atoms with Gasteiger partial charge in [-0.05, 0) is 31.4 Å².